The standard InChI is InChI=1S/C11H9Br2NS/c1-6-3-4-8(9(12)5-6)10-7(2)15-11(13)14-10/h3-5H,1-2H3. The number of nitrogens with zero attached hydrogens (tertiary/aromatic N) is 1. The van der Waals surface area contributed by atoms with E-state index in [9.17, 15) is 0 Å². The van der Waals surface area contributed by atoms with Crippen molar-refractivity contribution in [3.8, 4) is 11.3 Å². The molecule has 0 aliphatic carbocycles. The van der Waals surface area contributed by atoms with E-state index in [4.69, 9.17) is 0 Å². The average molecular weight is 347 g/mol. The molecule has 0 bridgehead atoms. The Morgan fingerprint density at radius 1 is 1.20 bits per heavy atom. The third-order valence-electron chi connectivity index (χ3n) is 2.15. The van der Waals surface area contributed by atoms with Gasteiger partial charge in [0.25, 0.3) is 0 Å². The fourth-order valence-corrected chi connectivity index (χ4v) is 3.65. The molecule has 0 radical (unpaired) electrons. The van der Waals surface area contributed by atoms with Crippen molar-refractivity contribution in [2.75, 3.05) is 0 Å². The molecule has 1 aromatic carbocycles. The fourth-order valence-electron chi connectivity index (χ4n) is 1.43. The van der Waals surface area contributed by atoms with Crippen LogP contribution in [0.25, 0.3) is 11.3 Å². The smallest absolute Gasteiger partial charge is 0.160 e. The molecule has 1 aromatic heterocycles. The van der Waals surface area contributed by atoms with Crippen molar-refractivity contribution < 1.29 is 0 Å². The molecule has 0 atom stereocenters. The molecule has 4 heteroatoms. The lowest BCUT2D eigenvalue weighted by Gasteiger charge is -2.03. The Morgan fingerprint density at radius 3 is 2.47 bits per heavy atom. The molecule has 0 spiro atoms. The van der Waals surface area contributed by atoms with Gasteiger partial charge in [-0.05, 0) is 41.4 Å². The summed E-state index contributed by atoms with van der Waals surface area (Å²) in [4.78, 5) is 5.70. The van der Waals surface area contributed by atoms with Crippen molar-refractivity contribution >= 4 is 43.2 Å². The van der Waals surface area contributed by atoms with E-state index in [0.29, 0.717) is 0 Å². The minimum absolute atomic E-state index is 0.933. The van der Waals surface area contributed by atoms with Gasteiger partial charge >= 0.3 is 0 Å². The molecule has 0 unspecified atom stereocenters. The zero-order chi connectivity index (χ0) is 11.0. The molecule has 2 rings (SSSR count). The number of aryl methyl sites for hydroxylation is 2. The molecule has 1 heterocycles. The first-order valence-electron chi connectivity index (χ1n) is 4.47. The second-order valence-corrected chi connectivity index (χ2v) is 6.69. The summed E-state index contributed by atoms with van der Waals surface area (Å²) in [5, 5.41) is 0. The first-order valence-corrected chi connectivity index (χ1v) is 6.87. The monoisotopic (exact) mass is 345 g/mol. The second-order valence-electron chi connectivity index (χ2n) is 3.35. The van der Waals surface area contributed by atoms with Gasteiger partial charge in [0.05, 0.1) is 5.69 Å². The van der Waals surface area contributed by atoms with E-state index in [2.05, 4.69) is 68.9 Å². The maximum Gasteiger partial charge on any atom is 0.160 e. The maximum absolute atomic E-state index is 4.48. The van der Waals surface area contributed by atoms with Crippen molar-refractivity contribution in [3.05, 3.63) is 37.0 Å². The number of thiazole rings is 1. The summed E-state index contributed by atoms with van der Waals surface area (Å²) in [6.45, 7) is 4.17. The molecule has 2 aromatic rings. The minimum Gasteiger partial charge on any atom is -0.229 e. The molecule has 78 valence electrons. The highest BCUT2D eigenvalue weighted by Crippen LogP contribution is 2.34. The molecule has 0 fully saturated rings. The van der Waals surface area contributed by atoms with Crippen LogP contribution in [0.3, 0.4) is 0 Å². The summed E-state index contributed by atoms with van der Waals surface area (Å²) in [5.41, 5.74) is 3.45. The van der Waals surface area contributed by atoms with Crippen LogP contribution in [0.5, 0.6) is 0 Å². The van der Waals surface area contributed by atoms with Gasteiger partial charge in [0.1, 0.15) is 0 Å². The summed E-state index contributed by atoms with van der Waals surface area (Å²) in [6.07, 6.45) is 0. The lowest BCUT2D eigenvalue weighted by atomic mass is 10.1. The van der Waals surface area contributed by atoms with Gasteiger partial charge in [-0.3, -0.25) is 0 Å². The first kappa shape index (κ1) is 11.3. The number of halogens is 2. The molecule has 0 saturated carbocycles. The highest BCUT2D eigenvalue weighted by molar-refractivity contribution is 9.11. The van der Waals surface area contributed by atoms with E-state index < -0.39 is 0 Å². The van der Waals surface area contributed by atoms with Crippen molar-refractivity contribution in [1.29, 1.82) is 0 Å². The van der Waals surface area contributed by atoms with E-state index in [0.717, 1.165) is 19.6 Å². The lowest BCUT2D eigenvalue weighted by Crippen LogP contribution is -1.83. The van der Waals surface area contributed by atoms with Crippen LogP contribution in [-0.4, -0.2) is 4.98 Å². The summed E-state index contributed by atoms with van der Waals surface area (Å²) < 4.78 is 2.03. The van der Waals surface area contributed by atoms with E-state index in [1.165, 1.54) is 10.4 Å². The maximum atomic E-state index is 4.48. The Labute approximate surface area is 110 Å². The summed E-state index contributed by atoms with van der Waals surface area (Å²) in [6, 6.07) is 6.32. The van der Waals surface area contributed by atoms with Crippen molar-refractivity contribution in [2.45, 2.75) is 13.8 Å². The molecule has 0 amide bonds. The number of rotatable bonds is 1. The molecule has 1 nitrogen and oxygen atoms in total. The zero-order valence-corrected chi connectivity index (χ0v) is 12.3. The predicted octanol–water partition coefficient (Wildman–Crippen LogP) is 4.95. The first-order chi connectivity index (χ1) is 7.08. The molecular formula is C11H9Br2NS. The Kier molecular flexibility index (Phi) is 3.28. The Morgan fingerprint density at radius 2 is 1.93 bits per heavy atom. The highest BCUT2D eigenvalue weighted by atomic mass is 79.9. The molecule has 0 saturated heterocycles. The quantitative estimate of drug-likeness (QED) is 0.711. The second kappa shape index (κ2) is 4.36. The van der Waals surface area contributed by atoms with Gasteiger partial charge in [-0.25, -0.2) is 4.98 Å². The van der Waals surface area contributed by atoms with Gasteiger partial charge in [-0.2, -0.15) is 0 Å². The number of benzene rings is 1. The van der Waals surface area contributed by atoms with Crippen LogP contribution in [0.15, 0.2) is 26.6 Å². The number of hydrogen-bond donors (Lipinski definition) is 0. The topological polar surface area (TPSA) is 12.9 Å². The summed E-state index contributed by atoms with van der Waals surface area (Å²) >= 11 is 8.65. The molecule has 0 aliphatic rings. The van der Waals surface area contributed by atoms with Crippen LogP contribution in [-0.2, 0) is 0 Å². The zero-order valence-electron chi connectivity index (χ0n) is 8.34. The van der Waals surface area contributed by atoms with Crippen LogP contribution in [0, 0.1) is 13.8 Å². The van der Waals surface area contributed by atoms with Crippen LogP contribution < -0.4 is 0 Å². The largest absolute Gasteiger partial charge is 0.229 e. The van der Waals surface area contributed by atoms with Crippen LogP contribution >= 0.6 is 43.2 Å². The van der Waals surface area contributed by atoms with E-state index >= 15 is 0 Å². The van der Waals surface area contributed by atoms with E-state index in [-0.39, 0.29) is 0 Å². The summed E-state index contributed by atoms with van der Waals surface area (Å²) in [5.74, 6) is 0. The number of aromatic nitrogens is 1. The summed E-state index contributed by atoms with van der Waals surface area (Å²) in [7, 11) is 0. The van der Waals surface area contributed by atoms with Crippen molar-refractivity contribution in [1.82, 2.24) is 4.98 Å². The van der Waals surface area contributed by atoms with Gasteiger partial charge in [0, 0.05) is 14.9 Å². The average Bonchev–Trinajstić information content (AvgIpc) is 2.45. The van der Waals surface area contributed by atoms with Crippen LogP contribution in [0.1, 0.15) is 10.4 Å². The van der Waals surface area contributed by atoms with Crippen molar-refractivity contribution in [3.63, 3.8) is 0 Å². The fraction of sp³-hybridized carbons (Fsp3) is 0.182. The molecule has 0 aliphatic heterocycles. The molecular weight excluding hydrogens is 338 g/mol. The van der Waals surface area contributed by atoms with E-state index in [1.54, 1.807) is 11.3 Å². The van der Waals surface area contributed by atoms with E-state index in [1.807, 2.05) is 0 Å². The minimum atomic E-state index is 0.933. The van der Waals surface area contributed by atoms with Crippen molar-refractivity contribution in [2.24, 2.45) is 0 Å². The Bertz CT molecular complexity index is 505. The third kappa shape index (κ3) is 2.32. The van der Waals surface area contributed by atoms with Crippen LogP contribution in [0.2, 0.25) is 0 Å². The van der Waals surface area contributed by atoms with Gasteiger partial charge in [0.2, 0.25) is 0 Å². The van der Waals surface area contributed by atoms with Gasteiger partial charge < -0.3 is 0 Å². The Balaban J connectivity index is 2.59. The molecule has 0 N–H and O–H groups in total. The lowest BCUT2D eigenvalue weighted by molar-refractivity contribution is 1.33. The van der Waals surface area contributed by atoms with Crippen LogP contribution in [0.4, 0.5) is 0 Å². The Hall–Kier alpha value is -0.190. The molecule has 15 heavy (non-hydrogen) atoms. The third-order valence-corrected chi connectivity index (χ3v) is 4.23. The van der Waals surface area contributed by atoms with Gasteiger partial charge in [-0.15, -0.1) is 11.3 Å². The van der Waals surface area contributed by atoms with Gasteiger partial charge in [-0.1, -0.05) is 28.1 Å². The number of hydrogen-bond acceptors (Lipinski definition) is 2. The SMILES string of the molecule is Cc1ccc(-c2nc(Br)sc2C)c(Br)c1. The highest BCUT2D eigenvalue weighted by Gasteiger charge is 2.11. The predicted molar refractivity (Wildman–Crippen MR) is 72.4 cm³/mol. The normalized spacial score (nSPS) is 10.7. The van der Waals surface area contributed by atoms with Gasteiger partial charge in [0.15, 0.2) is 3.92 Å².